The largest absolute Gasteiger partial charge is 0.442 e. The smallest absolute Gasteiger partial charge is 0.300 e. The summed E-state index contributed by atoms with van der Waals surface area (Å²) in [7, 11) is 0. The first-order valence-corrected chi connectivity index (χ1v) is 8.67. The quantitative estimate of drug-likeness (QED) is 0.810. The molecule has 0 N–H and O–H groups in total. The summed E-state index contributed by atoms with van der Waals surface area (Å²) in [6, 6.07) is 7.05. The second kappa shape index (κ2) is 7.69. The van der Waals surface area contributed by atoms with Gasteiger partial charge in [-0.3, -0.25) is 9.63 Å². The molecule has 0 spiro atoms. The maximum atomic E-state index is 12.4. The lowest BCUT2D eigenvalue weighted by atomic mass is 9.94. The van der Waals surface area contributed by atoms with Crippen molar-refractivity contribution in [2.75, 3.05) is 11.7 Å². The Balaban J connectivity index is 1.62. The molecule has 1 fully saturated rings. The summed E-state index contributed by atoms with van der Waals surface area (Å²) >= 11 is 6.13. The number of imide groups is 1. The van der Waals surface area contributed by atoms with Crippen LogP contribution >= 0.6 is 11.6 Å². The van der Waals surface area contributed by atoms with Gasteiger partial charge in [0, 0.05) is 13.0 Å². The van der Waals surface area contributed by atoms with Gasteiger partial charge < -0.3 is 0 Å². The predicted molar refractivity (Wildman–Crippen MR) is 91.4 cm³/mol. The lowest BCUT2D eigenvalue weighted by Gasteiger charge is -2.31. The van der Waals surface area contributed by atoms with Gasteiger partial charge in [0.05, 0.1) is 10.7 Å². The Morgan fingerprint density at radius 3 is 2.60 bits per heavy atom. The molecule has 1 saturated carbocycles. The van der Waals surface area contributed by atoms with Crippen LogP contribution < -0.4 is 5.01 Å². The SMILES string of the molecule is CC(=O)N(C(=O)ON1CN(c2ccccc2Cl)N=N1)C1CCCCC1. The van der Waals surface area contributed by atoms with E-state index >= 15 is 0 Å². The molecule has 1 aliphatic heterocycles. The number of nitrogens with zero attached hydrogens (tertiary/aromatic N) is 5. The van der Waals surface area contributed by atoms with E-state index in [4.69, 9.17) is 16.4 Å². The first kappa shape index (κ1) is 17.5. The standard InChI is InChI=1S/C16H20ClN5O3/c1-12(23)22(13-7-3-2-4-8-13)16(24)25-21-11-20(18-19-21)15-10-6-5-9-14(15)17/h5-6,9-10,13H,2-4,7-8,11H2,1H3. The molecule has 25 heavy (non-hydrogen) atoms. The van der Waals surface area contributed by atoms with Crippen molar-refractivity contribution in [3.63, 3.8) is 0 Å². The molecule has 0 aromatic heterocycles. The third-order valence-electron chi connectivity index (χ3n) is 4.29. The van der Waals surface area contributed by atoms with Crippen LogP contribution in [0.4, 0.5) is 10.5 Å². The van der Waals surface area contributed by atoms with E-state index in [1.165, 1.54) is 16.8 Å². The molecule has 1 aromatic rings. The van der Waals surface area contributed by atoms with Crippen LogP contribution in [-0.4, -0.2) is 34.8 Å². The van der Waals surface area contributed by atoms with E-state index in [0.29, 0.717) is 10.7 Å². The minimum Gasteiger partial charge on any atom is -0.300 e. The number of carbonyl (C=O) groups excluding carboxylic acids is 2. The number of rotatable bonds is 3. The van der Waals surface area contributed by atoms with Gasteiger partial charge in [0.15, 0.2) is 6.67 Å². The van der Waals surface area contributed by atoms with Crippen molar-refractivity contribution < 1.29 is 14.4 Å². The fourth-order valence-electron chi connectivity index (χ4n) is 3.10. The lowest BCUT2D eigenvalue weighted by molar-refractivity contribution is -0.139. The van der Waals surface area contributed by atoms with E-state index in [2.05, 4.69) is 10.4 Å². The number of carbonyl (C=O) groups is 2. The van der Waals surface area contributed by atoms with Gasteiger partial charge >= 0.3 is 6.09 Å². The van der Waals surface area contributed by atoms with Gasteiger partial charge in [-0.15, -0.1) is 0 Å². The summed E-state index contributed by atoms with van der Waals surface area (Å²) in [6.07, 6.45) is 4.03. The van der Waals surface area contributed by atoms with Crippen molar-refractivity contribution in [1.29, 1.82) is 0 Å². The number of benzene rings is 1. The zero-order valence-corrected chi connectivity index (χ0v) is 14.7. The van der Waals surface area contributed by atoms with E-state index in [1.807, 2.05) is 12.1 Å². The van der Waals surface area contributed by atoms with Gasteiger partial charge in [-0.05, 0) is 35.4 Å². The Morgan fingerprint density at radius 2 is 1.92 bits per heavy atom. The second-order valence-corrected chi connectivity index (χ2v) is 6.47. The van der Waals surface area contributed by atoms with E-state index in [0.717, 1.165) is 37.3 Å². The summed E-state index contributed by atoms with van der Waals surface area (Å²) in [6.45, 7) is 1.48. The predicted octanol–water partition coefficient (Wildman–Crippen LogP) is 3.93. The molecule has 0 saturated heterocycles. The maximum absolute atomic E-state index is 12.4. The third-order valence-corrected chi connectivity index (χ3v) is 4.61. The molecule has 0 bridgehead atoms. The van der Waals surface area contributed by atoms with E-state index in [9.17, 15) is 9.59 Å². The van der Waals surface area contributed by atoms with Crippen LogP contribution in [0.5, 0.6) is 0 Å². The molecular formula is C16H20ClN5O3. The van der Waals surface area contributed by atoms with E-state index in [-0.39, 0.29) is 18.6 Å². The molecule has 9 heteroatoms. The lowest BCUT2D eigenvalue weighted by Crippen LogP contribution is -2.46. The van der Waals surface area contributed by atoms with Crippen LogP contribution in [0.1, 0.15) is 39.0 Å². The fraction of sp³-hybridized carbons (Fsp3) is 0.500. The van der Waals surface area contributed by atoms with Gasteiger partial charge in [-0.2, -0.15) is 0 Å². The van der Waals surface area contributed by atoms with Crippen molar-refractivity contribution in [3.05, 3.63) is 29.3 Å². The first-order valence-electron chi connectivity index (χ1n) is 8.29. The zero-order chi connectivity index (χ0) is 17.8. The highest BCUT2D eigenvalue weighted by molar-refractivity contribution is 6.33. The first-order chi connectivity index (χ1) is 12.1. The molecule has 0 atom stereocenters. The molecule has 1 aromatic carbocycles. The van der Waals surface area contributed by atoms with E-state index < -0.39 is 6.09 Å². The average Bonchev–Trinajstić information content (AvgIpc) is 3.04. The number of hydrogen-bond acceptors (Lipinski definition) is 7. The van der Waals surface area contributed by atoms with Gasteiger partial charge in [0.25, 0.3) is 0 Å². The molecule has 8 nitrogen and oxygen atoms in total. The number of halogens is 1. The second-order valence-electron chi connectivity index (χ2n) is 6.06. The van der Waals surface area contributed by atoms with Crippen LogP contribution in [-0.2, 0) is 9.63 Å². The summed E-state index contributed by atoms with van der Waals surface area (Å²) in [5, 5.41) is 10.8. The zero-order valence-electron chi connectivity index (χ0n) is 14.0. The molecule has 134 valence electrons. The minimum absolute atomic E-state index is 0.103. The molecule has 2 amide bonds. The van der Waals surface area contributed by atoms with Crippen molar-refractivity contribution >= 4 is 29.3 Å². The summed E-state index contributed by atoms with van der Waals surface area (Å²) in [5.41, 5.74) is 0.655. The van der Waals surface area contributed by atoms with Crippen molar-refractivity contribution in [2.45, 2.75) is 45.1 Å². The van der Waals surface area contributed by atoms with Gasteiger partial charge in [-0.1, -0.05) is 48.2 Å². The van der Waals surface area contributed by atoms with Crippen molar-refractivity contribution in [2.24, 2.45) is 10.4 Å². The fourth-order valence-corrected chi connectivity index (χ4v) is 3.34. The number of amides is 2. The number of hydrogen-bond donors (Lipinski definition) is 0. The number of hydroxylamine groups is 1. The molecular weight excluding hydrogens is 346 g/mol. The number of anilines is 1. The Morgan fingerprint density at radius 1 is 1.20 bits per heavy atom. The highest BCUT2D eigenvalue weighted by Crippen LogP contribution is 2.28. The van der Waals surface area contributed by atoms with Crippen LogP contribution in [0.25, 0.3) is 0 Å². The Bertz CT molecular complexity index is 677. The monoisotopic (exact) mass is 365 g/mol. The van der Waals surface area contributed by atoms with Crippen molar-refractivity contribution in [1.82, 2.24) is 10.1 Å². The van der Waals surface area contributed by atoms with E-state index in [1.54, 1.807) is 12.1 Å². The molecule has 2 aliphatic rings. The minimum atomic E-state index is -0.723. The molecule has 0 radical (unpaired) electrons. The van der Waals surface area contributed by atoms with Crippen LogP contribution in [0, 0.1) is 0 Å². The van der Waals surface area contributed by atoms with Crippen LogP contribution in [0.3, 0.4) is 0 Å². The Hall–Kier alpha value is -2.35. The van der Waals surface area contributed by atoms with Crippen molar-refractivity contribution in [3.8, 4) is 0 Å². The van der Waals surface area contributed by atoms with Crippen LogP contribution in [0.15, 0.2) is 34.7 Å². The average molecular weight is 366 g/mol. The summed E-state index contributed by atoms with van der Waals surface area (Å²) in [4.78, 5) is 30.8. The molecule has 3 rings (SSSR count). The topological polar surface area (TPSA) is 77.8 Å². The highest BCUT2D eigenvalue weighted by Gasteiger charge is 2.32. The molecule has 0 unspecified atom stereocenters. The highest BCUT2D eigenvalue weighted by atomic mass is 35.5. The van der Waals surface area contributed by atoms with Crippen LogP contribution in [0.2, 0.25) is 5.02 Å². The maximum Gasteiger partial charge on any atom is 0.442 e. The van der Waals surface area contributed by atoms with Gasteiger partial charge in [0.1, 0.15) is 0 Å². The summed E-state index contributed by atoms with van der Waals surface area (Å²) < 4.78 is 0. The van der Waals surface area contributed by atoms with Gasteiger partial charge in [-0.25, -0.2) is 14.7 Å². The molecule has 1 heterocycles. The Labute approximate surface area is 150 Å². The Kier molecular flexibility index (Phi) is 5.37. The normalized spacial score (nSPS) is 17.7. The third kappa shape index (κ3) is 4.01. The number of para-hydroxylation sites is 1. The summed E-state index contributed by atoms with van der Waals surface area (Å²) in [5.74, 6) is -0.323. The van der Waals surface area contributed by atoms with Gasteiger partial charge in [0.2, 0.25) is 5.91 Å². The molecule has 1 aliphatic carbocycles.